The van der Waals surface area contributed by atoms with Crippen LogP contribution in [0.1, 0.15) is 157 Å². The predicted octanol–water partition coefficient (Wildman–Crippen LogP) is 13.2. The second-order valence-corrected chi connectivity index (χ2v) is 19.0. The molecule has 7 aliphatic heterocycles. The summed E-state index contributed by atoms with van der Waals surface area (Å²) >= 11 is 0. The van der Waals surface area contributed by atoms with Crippen LogP contribution in [0.2, 0.25) is 0 Å². The van der Waals surface area contributed by atoms with Crippen LogP contribution in [0, 0.1) is 0 Å². The number of nitrogens with zero attached hydrogens (tertiary/aromatic N) is 2. The van der Waals surface area contributed by atoms with Crippen molar-refractivity contribution in [2.75, 3.05) is 26.4 Å². The van der Waals surface area contributed by atoms with E-state index < -0.39 is 0 Å². The van der Waals surface area contributed by atoms with Gasteiger partial charge < -0.3 is 39.1 Å². The molecule has 12 heteroatoms. The number of carbonyl (C=O) groups is 2. The highest BCUT2D eigenvalue weighted by Crippen LogP contribution is 2.19. The van der Waals surface area contributed by atoms with Crippen molar-refractivity contribution in [2.45, 2.75) is 142 Å². The summed E-state index contributed by atoms with van der Waals surface area (Å²) in [4.78, 5) is 35.1. The third-order valence-corrected chi connectivity index (χ3v) is 12.9. The molecule has 2 aromatic heterocycles. The Morgan fingerprint density at radius 2 is 0.608 bits per heavy atom. The van der Waals surface area contributed by atoms with Gasteiger partial charge in [0.25, 0.3) is 11.8 Å². The molecule has 0 spiro atoms. The lowest BCUT2D eigenvalue weighted by Crippen LogP contribution is -2.27. The van der Waals surface area contributed by atoms with Gasteiger partial charge in [0.2, 0.25) is 0 Å². The molecule has 6 aromatic rings. The molecule has 392 valence electrons. The average molecular weight is 1010 g/mol. The molecular formula is C62H76N4O8. The molecule has 7 aliphatic rings. The van der Waals surface area contributed by atoms with Gasteiger partial charge >= 0.3 is 0 Å². The normalized spacial score (nSPS) is 16.9. The summed E-state index contributed by atoms with van der Waals surface area (Å²) in [6, 6.07) is 42.7. The van der Waals surface area contributed by atoms with Crippen LogP contribution in [0.3, 0.4) is 0 Å². The molecule has 0 atom stereocenters. The van der Waals surface area contributed by atoms with Crippen LogP contribution in [0.4, 0.5) is 0 Å². The highest BCUT2D eigenvalue weighted by molar-refractivity contribution is 5.96. The molecule has 12 nitrogen and oxygen atoms in total. The van der Waals surface area contributed by atoms with E-state index in [4.69, 9.17) is 33.4 Å². The molecule has 74 heavy (non-hydrogen) atoms. The number of rotatable bonds is 0. The van der Waals surface area contributed by atoms with Gasteiger partial charge in [0.1, 0.15) is 34.4 Å². The number of carbonyl (C=O) groups excluding carboxylic acids is 2. The Bertz CT molecular complexity index is 2350. The smallest absolute Gasteiger partial charge is 0.270 e. The number of benzene rings is 4. The van der Waals surface area contributed by atoms with Gasteiger partial charge in [-0.05, 0) is 121 Å². The number of hydrogen-bond donors (Lipinski definition) is 2. The van der Waals surface area contributed by atoms with Crippen molar-refractivity contribution in [1.82, 2.24) is 20.6 Å². The Morgan fingerprint density at radius 1 is 0.311 bits per heavy atom. The number of amides is 2. The zero-order chi connectivity index (χ0) is 51.1. The largest absolute Gasteiger partial charge is 0.494 e. The van der Waals surface area contributed by atoms with Gasteiger partial charge in [-0.1, -0.05) is 138 Å². The van der Waals surface area contributed by atoms with Crippen molar-refractivity contribution in [1.29, 1.82) is 0 Å². The van der Waals surface area contributed by atoms with Gasteiger partial charge in [-0.15, -0.1) is 0 Å². The fourth-order valence-electron chi connectivity index (χ4n) is 8.53. The van der Waals surface area contributed by atoms with Crippen molar-refractivity contribution in [2.24, 2.45) is 0 Å². The van der Waals surface area contributed by atoms with Crippen molar-refractivity contribution in [3.63, 3.8) is 0 Å². The maximum atomic E-state index is 13.0. The lowest BCUT2D eigenvalue weighted by Gasteiger charge is -2.10. The molecule has 2 N–H and O–H groups in total. The fraction of sp³-hybridized carbons (Fsp3) is 0.419. The molecule has 9 heterocycles. The van der Waals surface area contributed by atoms with Crippen LogP contribution in [-0.2, 0) is 49.0 Å². The number of ether oxygens (including phenoxy) is 6. The number of aromatic nitrogens is 2. The zero-order valence-electron chi connectivity index (χ0n) is 43.2. The van der Waals surface area contributed by atoms with Crippen molar-refractivity contribution < 1.29 is 38.0 Å². The van der Waals surface area contributed by atoms with Gasteiger partial charge in [0.15, 0.2) is 0 Å². The first-order valence-electron chi connectivity index (χ1n) is 27.0. The highest BCUT2D eigenvalue weighted by atomic mass is 16.5. The highest BCUT2D eigenvalue weighted by Gasteiger charge is 2.13. The summed E-state index contributed by atoms with van der Waals surface area (Å²) in [7, 11) is 0. The minimum Gasteiger partial charge on any atom is -0.494 e. The van der Waals surface area contributed by atoms with E-state index in [2.05, 4.69) is 39.9 Å². The molecule has 0 saturated carbocycles. The Morgan fingerprint density at radius 3 is 0.946 bits per heavy atom. The molecule has 0 fully saturated rings. The van der Waals surface area contributed by atoms with Gasteiger partial charge in [-0.25, -0.2) is 4.98 Å². The molecule has 12 bridgehead atoms. The van der Waals surface area contributed by atoms with E-state index in [1.165, 1.54) is 51.4 Å². The van der Waals surface area contributed by atoms with Gasteiger partial charge in [-0.3, -0.25) is 14.6 Å². The van der Waals surface area contributed by atoms with E-state index in [1.807, 2.05) is 91.0 Å². The van der Waals surface area contributed by atoms with Crippen LogP contribution in [0.15, 0.2) is 133 Å². The molecule has 0 radical (unpaired) electrons. The summed E-state index contributed by atoms with van der Waals surface area (Å²) < 4.78 is 36.0. The maximum Gasteiger partial charge on any atom is 0.270 e. The maximum absolute atomic E-state index is 13.0. The first-order chi connectivity index (χ1) is 36.5. The average Bonchev–Trinajstić information content (AvgIpc) is 3.43. The lowest BCUT2D eigenvalue weighted by atomic mass is 10.1. The second-order valence-electron chi connectivity index (χ2n) is 19.0. The molecule has 0 saturated heterocycles. The van der Waals surface area contributed by atoms with Crippen LogP contribution in [0.5, 0.6) is 23.0 Å². The van der Waals surface area contributed by atoms with Crippen molar-refractivity contribution >= 4 is 11.8 Å². The first-order valence-corrected chi connectivity index (χ1v) is 27.0. The Kier molecular flexibility index (Phi) is 24.1. The summed E-state index contributed by atoms with van der Waals surface area (Å²) in [6.45, 7) is 5.30. The third kappa shape index (κ3) is 21.0. The van der Waals surface area contributed by atoms with E-state index in [0.717, 1.165) is 121 Å². The van der Waals surface area contributed by atoms with Gasteiger partial charge in [0.05, 0.1) is 64.2 Å². The predicted molar refractivity (Wildman–Crippen MR) is 289 cm³/mol. The minimum absolute atomic E-state index is 0.182. The Labute approximate surface area is 438 Å². The third-order valence-electron chi connectivity index (χ3n) is 12.9. The number of hydrogen-bond acceptors (Lipinski definition) is 10. The summed E-state index contributed by atoms with van der Waals surface area (Å²) in [5, 5.41) is 5.83. The molecular weight excluding hydrogens is 929 g/mol. The molecule has 4 aromatic carbocycles. The van der Waals surface area contributed by atoms with Gasteiger partial charge in [0, 0.05) is 13.1 Å². The van der Waals surface area contributed by atoms with Crippen LogP contribution >= 0.6 is 0 Å². The Hall–Kier alpha value is -6.76. The summed E-state index contributed by atoms with van der Waals surface area (Å²) in [5.74, 6) is 2.70. The van der Waals surface area contributed by atoms with E-state index in [1.54, 1.807) is 18.2 Å². The molecule has 13 rings (SSSR count). The van der Waals surface area contributed by atoms with Crippen LogP contribution < -0.4 is 29.6 Å². The first kappa shape index (κ1) is 55.0. The van der Waals surface area contributed by atoms with Crippen LogP contribution in [0.25, 0.3) is 0 Å². The standard InChI is InChI=1S/C62H76N4O8/c67-61-59-21-18-22-60(66-59)62(68)64-44-50-25-33-56(34-26-50)72-40-14-10-6-2-4-8-12-16-42-74-58-37-29-52(30-38-58)46-70-48-54-20-17-19-53(65-54)47-69-45-51-27-35-57(36-28-51)73-41-15-11-7-3-1-5-9-13-39-71-55-31-23-49(24-32-55)43-63-61/h17-38H,1-16,39-48H2,(H,63,67)(H,64,68). The lowest BCUT2D eigenvalue weighted by molar-refractivity contribution is 0.0941. The second kappa shape index (κ2) is 32.4. The fourth-order valence-corrected chi connectivity index (χ4v) is 8.53. The van der Waals surface area contributed by atoms with E-state index in [-0.39, 0.29) is 23.2 Å². The molecule has 2 amide bonds. The monoisotopic (exact) mass is 1000 g/mol. The van der Waals surface area contributed by atoms with E-state index in [0.29, 0.717) is 52.7 Å². The van der Waals surface area contributed by atoms with Gasteiger partial charge in [-0.2, -0.15) is 0 Å². The van der Waals surface area contributed by atoms with Crippen LogP contribution in [-0.4, -0.2) is 48.2 Å². The topological polar surface area (TPSA) is 139 Å². The number of nitrogens with one attached hydrogen (secondary N) is 2. The van der Waals surface area contributed by atoms with Crippen molar-refractivity contribution in [3.05, 3.63) is 178 Å². The van der Waals surface area contributed by atoms with E-state index in [9.17, 15) is 9.59 Å². The molecule has 0 aliphatic carbocycles. The SMILES string of the molecule is O=C1NCc2ccc(cc2)OCCCCCCCCCCOc2ccc(cc2)COCc2cccc(n2)COCc2ccc(cc2)OCCCCCCCCCCOc2ccc(cc2)CNC(=O)c2cccc1n2. The molecule has 0 unspecified atom stereocenters. The summed E-state index contributed by atoms with van der Waals surface area (Å²) in [6.07, 6.45) is 18.5. The zero-order valence-corrected chi connectivity index (χ0v) is 43.2. The van der Waals surface area contributed by atoms with E-state index >= 15 is 0 Å². The summed E-state index contributed by atoms with van der Waals surface area (Å²) in [5.41, 5.74) is 6.19. The quantitative estimate of drug-likeness (QED) is 0.151. The van der Waals surface area contributed by atoms with Crippen molar-refractivity contribution in [3.8, 4) is 23.0 Å². The minimum atomic E-state index is -0.349. The Balaban J connectivity index is 0.814. The number of pyridine rings is 2.